The molecule has 4 aromatic carbocycles. The molecule has 6 nitrogen and oxygen atoms in total. The normalized spacial score (nSPS) is 11.5. The molecule has 6 aromatic rings. The third-order valence-electron chi connectivity index (χ3n) is 7.72. The number of phenols is 1. The molecule has 0 aliphatic carbocycles. The molecule has 1 N–H and O–H groups in total. The summed E-state index contributed by atoms with van der Waals surface area (Å²) < 4.78 is 3.92. The Morgan fingerprint density at radius 3 is 2.00 bits per heavy atom. The van der Waals surface area contributed by atoms with Crippen molar-refractivity contribution in [2.75, 3.05) is 0 Å². The number of aryl methyl sites for hydroxylation is 1. The van der Waals surface area contributed by atoms with E-state index in [1.165, 1.54) is 22.3 Å². The lowest BCUT2D eigenvalue weighted by Crippen LogP contribution is -2.08. The van der Waals surface area contributed by atoms with E-state index in [2.05, 4.69) is 103 Å². The Bertz CT molecular complexity index is 1830. The summed E-state index contributed by atoms with van der Waals surface area (Å²) in [6, 6.07) is 32.7. The monoisotopic (exact) mass is 553 g/mol. The molecule has 0 unspecified atom stereocenters. The van der Waals surface area contributed by atoms with Gasteiger partial charge in [0.25, 0.3) is 0 Å². The van der Waals surface area contributed by atoms with Crippen LogP contribution in [0.2, 0.25) is 0 Å². The van der Waals surface area contributed by atoms with Crippen molar-refractivity contribution >= 4 is 0 Å². The Labute approximate surface area is 246 Å². The van der Waals surface area contributed by atoms with Gasteiger partial charge in [-0.15, -0.1) is 10.2 Å². The largest absolute Gasteiger partial charge is 0.506 e. The molecule has 0 atom stereocenters. The molecule has 0 radical (unpaired) electrons. The molecule has 2 aromatic heterocycles. The van der Waals surface area contributed by atoms with Crippen molar-refractivity contribution < 1.29 is 5.11 Å². The van der Waals surface area contributed by atoms with Crippen molar-refractivity contribution in [3.8, 4) is 50.9 Å². The van der Waals surface area contributed by atoms with Gasteiger partial charge in [-0.05, 0) is 77.4 Å². The standard InChI is InChI=1S/C36H35N5O/c1-23(2)30-20-29(26-12-7-6-8-13-26)21-31(24(3)4)35(30)40-22-37-38-36(40)28-15-11-14-27(19-28)32-18-25(5)41(39-32)33-16-9-10-17-34(33)42/h6-24,42H,1-5H3. The van der Waals surface area contributed by atoms with Gasteiger partial charge >= 0.3 is 0 Å². The zero-order valence-corrected chi connectivity index (χ0v) is 24.7. The van der Waals surface area contributed by atoms with Gasteiger partial charge < -0.3 is 5.11 Å². The first kappa shape index (κ1) is 27.2. The topological polar surface area (TPSA) is 68.8 Å². The van der Waals surface area contributed by atoms with Crippen LogP contribution in [0.1, 0.15) is 56.4 Å². The third kappa shape index (κ3) is 5.00. The minimum atomic E-state index is 0.192. The maximum absolute atomic E-state index is 10.4. The molecule has 2 heterocycles. The van der Waals surface area contributed by atoms with Crippen LogP contribution in [-0.2, 0) is 0 Å². The molecule has 0 fully saturated rings. The van der Waals surface area contributed by atoms with E-state index in [1.807, 2.05) is 43.6 Å². The molecular formula is C36H35N5O. The Balaban J connectivity index is 1.46. The van der Waals surface area contributed by atoms with Crippen LogP contribution in [-0.4, -0.2) is 29.7 Å². The Morgan fingerprint density at radius 1 is 0.667 bits per heavy atom. The Kier molecular flexibility index (Phi) is 7.21. The summed E-state index contributed by atoms with van der Waals surface area (Å²) >= 11 is 0. The number of hydrogen-bond donors (Lipinski definition) is 1. The second-order valence-electron chi connectivity index (χ2n) is 11.4. The Morgan fingerprint density at radius 2 is 1.31 bits per heavy atom. The first-order valence-electron chi connectivity index (χ1n) is 14.4. The smallest absolute Gasteiger partial charge is 0.168 e. The zero-order chi connectivity index (χ0) is 29.4. The predicted molar refractivity (Wildman–Crippen MR) is 169 cm³/mol. The maximum atomic E-state index is 10.4. The van der Waals surface area contributed by atoms with Gasteiger partial charge in [-0.2, -0.15) is 5.10 Å². The minimum absolute atomic E-state index is 0.192. The van der Waals surface area contributed by atoms with E-state index in [0.717, 1.165) is 34.0 Å². The average Bonchev–Trinajstić information content (AvgIpc) is 3.64. The van der Waals surface area contributed by atoms with Gasteiger partial charge in [0.1, 0.15) is 17.8 Å². The third-order valence-corrected chi connectivity index (χ3v) is 7.72. The number of rotatable bonds is 7. The van der Waals surface area contributed by atoms with Crippen LogP contribution in [0.15, 0.2) is 103 Å². The molecule has 0 bridgehead atoms. The van der Waals surface area contributed by atoms with Gasteiger partial charge in [-0.25, -0.2) is 4.68 Å². The summed E-state index contributed by atoms with van der Waals surface area (Å²) in [5, 5.41) is 24.3. The van der Waals surface area contributed by atoms with Crippen LogP contribution < -0.4 is 0 Å². The van der Waals surface area contributed by atoms with Crippen LogP contribution in [0, 0.1) is 6.92 Å². The van der Waals surface area contributed by atoms with Gasteiger partial charge in [-0.3, -0.25) is 4.57 Å². The highest BCUT2D eigenvalue weighted by Crippen LogP contribution is 2.38. The molecule has 0 saturated heterocycles. The number of phenolic OH excluding ortho intramolecular Hbond substituents is 1. The lowest BCUT2D eigenvalue weighted by atomic mass is 9.88. The number of benzene rings is 4. The van der Waals surface area contributed by atoms with Crippen LogP contribution >= 0.6 is 0 Å². The zero-order valence-electron chi connectivity index (χ0n) is 24.7. The molecule has 42 heavy (non-hydrogen) atoms. The molecule has 0 aliphatic heterocycles. The van der Waals surface area contributed by atoms with E-state index < -0.39 is 0 Å². The molecule has 0 aliphatic rings. The summed E-state index contributed by atoms with van der Waals surface area (Å²) in [5.41, 5.74) is 10.4. The fraction of sp³-hybridized carbons (Fsp3) is 0.194. The van der Waals surface area contributed by atoms with Crippen molar-refractivity contribution in [1.29, 1.82) is 0 Å². The lowest BCUT2D eigenvalue weighted by Gasteiger charge is -2.23. The Hall–Kier alpha value is -4.97. The lowest BCUT2D eigenvalue weighted by molar-refractivity contribution is 0.470. The minimum Gasteiger partial charge on any atom is -0.506 e. The highest BCUT2D eigenvalue weighted by molar-refractivity contribution is 5.73. The number of aromatic nitrogens is 5. The van der Waals surface area contributed by atoms with E-state index >= 15 is 0 Å². The quantitative estimate of drug-likeness (QED) is 0.215. The summed E-state index contributed by atoms with van der Waals surface area (Å²) in [6.45, 7) is 11.0. The van der Waals surface area contributed by atoms with Gasteiger partial charge in [-0.1, -0.05) is 88.4 Å². The van der Waals surface area contributed by atoms with Crippen LogP contribution in [0.4, 0.5) is 0 Å². The first-order valence-corrected chi connectivity index (χ1v) is 14.4. The van der Waals surface area contributed by atoms with Gasteiger partial charge in [0.15, 0.2) is 5.82 Å². The first-order chi connectivity index (χ1) is 20.3. The second kappa shape index (κ2) is 11.1. The van der Waals surface area contributed by atoms with E-state index in [9.17, 15) is 5.11 Å². The summed E-state index contributed by atoms with van der Waals surface area (Å²) in [5.74, 6) is 1.57. The number of nitrogens with zero attached hydrogens (tertiary/aromatic N) is 5. The van der Waals surface area contributed by atoms with Gasteiger partial charge in [0, 0.05) is 16.8 Å². The number of hydrogen-bond acceptors (Lipinski definition) is 4. The SMILES string of the molecule is Cc1cc(-c2cccc(-c3nncn3-c3c(C(C)C)cc(-c4ccccc4)cc3C(C)C)c2)nn1-c1ccccc1O. The summed E-state index contributed by atoms with van der Waals surface area (Å²) in [7, 11) is 0. The second-order valence-corrected chi connectivity index (χ2v) is 11.4. The maximum Gasteiger partial charge on any atom is 0.168 e. The van der Waals surface area contributed by atoms with Crippen LogP contribution in [0.3, 0.4) is 0 Å². The average molecular weight is 554 g/mol. The molecule has 6 heteroatoms. The van der Waals surface area contributed by atoms with Crippen molar-refractivity contribution in [3.05, 3.63) is 120 Å². The fourth-order valence-electron chi connectivity index (χ4n) is 5.55. The van der Waals surface area contributed by atoms with E-state index in [-0.39, 0.29) is 5.75 Å². The highest BCUT2D eigenvalue weighted by atomic mass is 16.3. The van der Waals surface area contributed by atoms with E-state index in [0.29, 0.717) is 17.5 Å². The van der Waals surface area contributed by atoms with E-state index in [1.54, 1.807) is 10.7 Å². The molecule has 0 saturated carbocycles. The molecule has 0 spiro atoms. The molecule has 6 rings (SSSR count). The van der Waals surface area contributed by atoms with Crippen molar-refractivity contribution in [3.63, 3.8) is 0 Å². The summed E-state index contributed by atoms with van der Waals surface area (Å²) in [4.78, 5) is 0. The predicted octanol–water partition coefficient (Wildman–Crippen LogP) is 8.71. The van der Waals surface area contributed by atoms with Crippen molar-refractivity contribution in [1.82, 2.24) is 24.5 Å². The van der Waals surface area contributed by atoms with Crippen molar-refractivity contribution in [2.45, 2.75) is 46.5 Å². The molecule has 0 amide bonds. The molecule has 210 valence electrons. The van der Waals surface area contributed by atoms with Crippen molar-refractivity contribution in [2.24, 2.45) is 0 Å². The van der Waals surface area contributed by atoms with Gasteiger partial charge in [0.2, 0.25) is 0 Å². The van der Waals surface area contributed by atoms with Gasteiger partial charge in [0.05, 0.1) is 11.4 Å². The van der Waals surface area contributed by atoms with Crippen LogP contribution in [0.5, 0.6) is 5.75 Å². The highest BCUT2D eigenvalue weighted by Gasteiger charge is 2.22. The summed E-state index contributed by atoms with van der Waals surface area (Å²) in [6.07, 6.45) is 1.83. The molecular weight excluding hydrogens is 518 g/mol. The number of para-hydroxylation sites is 2. The van der Waals surface area contributed by atoms with Crippen LogP contribution in [0.25, 0.3) is 45.1 Å². The number of aromatic hydroxyl groups is 1. The van der Waals surface area contributed by atoms with E-state index in [4.69, 9.17) is 5.10 Å². The fourth-order valence-corrected chi connectivity index (χ4v) is 5.55.